The van der Waals surface area contributed by atoms with Crippen molar-refractivity contribution >= 4 is 32.5 Å². The number of carbonyl (C=O) groups is 1. The lowest BCUT2D eigenvalue weighted by molar-refractivity contribution is 0.103. The average Bonchev–Trinajstić information content (AvgIpc) is 3.13. The third kappa shape index (κ3) is 3.67. The highest BCUT2D eigenvalue weighted by Crippen LogP contribution is 2.29. The van der Waals surface area contributed by atoms with Crippen LogP contribution >= 0.6 is 0 Å². The summed E-state index contributed by atoms with van der Waals surface area (Å²) in [5, 5.41) is 0.390. The van der Waals surface area contributed by atoms with Gasteiger partial charge >= 0.3 is 0 Å². The number of carbonyl (C=O) groups excluding carboxylic acids is 1. The molecule has 0 bridgehead atoms. The summed E-state index contributed by atoms with van der Waals surface area (Å²) in [6.45, 7) is 0. The first-order valence-electron chi connectivity index (χ1n) is 8.77. The van der Waals surface area contributed by atoms with E-state index in [0.717, 1.165) is 29.5 Å². The van der Waals surface area contributed by atoms with Gasteiger partial charge in [-0.15, -0.1) is 0 Å². The minimum absolute atomic E-state index is 0.0181. The summed E-state index contributed by atoms with van der Waals surface area (Å²) in [5.74, 6) is -3.31. The number of halogens is 2. The van der Waals surface area contributed by atoms with Gasteiger partial charge in [-0.05, 0) is 23.8 Å². The van der Waals surface area contributed by atoms with E-state index in [1.165, 1.54) is 6.20 Å². The highest BCUT2D eigenvalue weighted by atomic mass is 32.2. The van der Waals surface area contributed by atoms with Crippen molar-refractivity contribution in [2.24, 2.45) is 0 Å². The van der Waals surface area contributed by atoms with Crippen molar-refractivity contribution < 1.29 is 22.0 Å². The number of anilines is 1. The van der Waals surface area contributed by atoms with Gasteiger partial charge in [-0.2, -0.15) is 0 Å². The molecule has 6 nitrogen and oxygen atoms in total. The van der Waals surface area contributed by atoms with E-state index in [0.29, 0.717) is 11.0 Å². The van der Waals surface area contributed by atoms with Gasteiger partial charge in [0.15, 0.2) is 5.82 Å². The van der Waals surface area contributed by atoms with Gasteiger partial charge in [0.05, 0.1) is 17.5 Å². The van der Waals surface area contributed by atoms with Crippen LogP contribution in [0.4, 0.5) is 14.5 Å². The summed E-state index contributed by atoms with van der Waals surface area (Å²) < 4.78 is 54.0. The van der Waals surface area contributed by atoms with Gasteiger partial charge in [0.2, 0.25) is 15.8 Å². The molecule has 2 heterocycles. The van der Waals surface area contributed by atoms with Crippen LogP contribution in [0, 0.1) is 11.6 Å². The predicted octanol–water partition coefficient (Wildman–Crippen LogP) is 4.11. The highest BCUT2D eigenvalue weighted by Gasteiger charge is 2.25. The fraction of sp³-hybridized carbons (Fsp3) is 0.0476. The van der Waals surface area contributed by atoms with Crippen LogP contribution in [0.15, 0.2) is 60.9 Å². The topological polar surface area (TPSA) is 91.9 Å². The van der Waals surface area contributed by atoms with Crippen LogP contribution in [0.5, 0.6) is 0 Å². The number of aromatic amines is 1. The summed E-state index contributed by atoms with van der Waals surface area (Å²) in [6.07, 6.45) is 3.78. The van der Waals surface area contributed by atoms with Crippen molar-refractivity contribution in [2.75, 3.05) is 11.0 Å². The molecule has 152 valence electrons. The van der Waals surface area contributed by atoms with Gasteiger partial charge in [0.1, 0.15) is 11.5 Å². The molecule has 4 rings (SSSR count). The molecule has 0 amide bonds. The molecule has 4 aromatic rings. The minimum Gasteiger partial charge on any atom is -0.345 e. The molecule has 0 unspecified atom stereocenters. The van der Waals surface area contributed by atoms with E-state index in [1.807, 2.05) is 35.1 Å². The number of nitrogens with one attached hydrogen (secondary N) is 2. The maximum absolute atomic E-state index is 14.8. The third-order valence-corrected chi connectivity index (χ3v) is 5.09. The number of hydrogen-bond donors (Lipinski definition) is 2. The molecule has 2 N–H and O–H groups in total. The van der Waals surface area contributed by atoms with E-state index in [1.54, 1.807) is 12.3 Å². The fourth-order valence-electron chi connectivity index (χ4n) is 3.15. The minimum atomic E-state index is -3.82. The number of sulfonamides is 1. The van der Waals surface area contributed by atoms with Crippen LogP contribution < -0.4 is 4.72 Å². The van der Waals surface area contributed by atoms with E-state index >= 15 is 0 Å². The van der Waals surface area contributed by atoms with Crippen LogP contribution in [-0.2, 0) is 10.0 Å². The molecule has 0 radical (unpaired) electrons. The first kappa shape index (κ1) is 19.7. The molecule has 0 saturated carbocycles. The van der Waals surface area contributed by atoms with Crippen LogP contribution in [0.3, 0.4) is 0 Å². The van der Waals surface area contributed by atoms with Crippen LogP contribution in [-0.4, -0.2) is 30.4 Å². The summed E-state index contributed by atoms with van der Waals surface area (Å²) in [4.78, 5) is 20.1. The van der Waals surface area contributed by atoms with E-state index in [2.05, 4.69) is 9.97 Å². The number of nitrogens with zero attached hydrogens (tertiary/aromatic N) is 1. The molecule has 0 aliphatic heterocycles. The monoisotopic (exact) mass is 427 g/mol. The standard InChI is InChI=1S/C21H15F2N3O3S/c1-30(28,29)26-17-8-7-16(22)18(19(17)23)20(27)15-11-25-21-14(15)9-13(10-24-21)12-5-3-2-4-6-12/h2-11,26H,1H3,(H,24,25). The second-order valence-electron chi connectivity index (χ2n) is 6.68. The predicted molar refractivity (Wildman–Crippen MR) is 110 cm³/mol. The molecule has 0 aliphatic carbocycles. The number of pyridine rings is 1. The van der Waals surface area contributed by atoms with E-state index in [-0.39, 0.29) is 5.56 Å². The molecule has 0 aliphatic rings. The Kier molecular flexibility index (Phi) is 4.83. The SMILES string of the molecule is CS(=O)(=O)Nc1ccc(F)c(C(=O)c2c[nH]c3ncc(-c4ccccc4)cc23)c1F. The van der Waals surface area contributed by atoms with Crippen molar-refractivity contribution in [3.63, 3.8) is 0 Å². The van der Waals surface area contributed by atoms with Gasteiger partial charge < -0.3 is 4.98 Å². The van der Waals surface area contributed by atoms with Crippen molar-refractivity contribution in [3.8, 4) is 11.1 Å². The van der Waals surface area contributed by atoms with Crippen LogP contribution in [0.25, 0.3) is 22.2 Å². The lowest BCUT2D eigenvalue weighted by atomic mass is 10.00. The first-order valence-corrected chi connectivity index (χ1v) is 10.7. The zero-order valence-corrected chi connectivity index (χ0v) is 16.4. The lowest BCUT2D eigenvalue weighted by Gasteiger charge is -2.10. The van der Waals surface area contributed by atoms with E-state index < -0.39 is 38.7 Å². The zero-order chi connectivity index (χ0) is 21.5. The Bertz CT molecular complexity index is 1380. The van der Waals surface area contributed by atoms with Crippen molar-refractivity contribution in [1.29, 1.82) is 0 Å². The van der Waals surface area contributed by atoms with E-state index in [9.17, 15) is 22.0 Å². The summed E-state index contributed by atoms with van der Waals surface area (Å²) >= 11 is 0. The van der Waals surface area contributed by atoms with Gasteiger partial charge in [0.25, 0.3) is 0 Å². The van der Waals surface area contributed by atoms with Gasteiger partial charge in [-0.1, -0.05) is 30.3 Å². The van der Waals surface area contributed by atoms with Crippen LogP contribution in [0.1, 0.15) is 15.9 Å². The summed E-state index contributed by atoms with van der Waals surface area (Å²) in [7, 11) is -3.82. The number of rotatable bonds is 5. The van der Waals surface area contributed by atoms with Gasteiger partial charge in [-0.25, -0.2) is 22.2 Å². The Balaban J connectivity index is 1.83. The number of H-pyrrole nitrogens is 1. The Hall–Kier alpha value is -3.59. The Labute approximate surface area is 170 Å². The Morgan fingerprint density at radius 2 is 1.80 bits per heavy atom. The van der Waals surface area contributed by atoms with Crippen molar-refractivity contribution in [1.82, 2.24) is 9.97 Å². The number of hydrogen-bond acceptors (Lipinski definition) is 4. The number of ketones is 1. The molecule has 2 aromatic carbocycles. The van der Waals surface area contributed by atoms with Crippen molar-refractivity contribution in [2.45, 2.75) is 0 Å². The average molecular weight is 427 g/mol. The van der Waals surface area contributed by atoms with Crippen LogP contribution in [0.2, 0.25) is 0 Å². The normalized spacial score (nSPS) is 11.6. The molecule has 0 atom stereocenters. The molecule has 0 fully saturated rings. The number of fused-ring (bicyclic) bond motifs is 1. The highest BCUT2D eigenvalue weighted by molar-refractivity contribution is 7.92. The third-order valence-electron chi connectivity index (χ3n) is 4.50. The molecule has 0 spiro atoms. The molecule has 9 heteroatoms. The summed E-state index contributed by atoms with van der Waals surface area (Å²) in [6, 6.07) is 12.8. The second kappa shape index (κ2) is 7.34. The number of aromatic nitrogens is 2. The van der Waals surface area contributed by atoms with Gasteiger partial charge in [0, 0.05) is 28.9 Å². The largest absolute Gasteiger partial charge is 0.345 e. The number of benzene rings is 2. The zero-order valence-electron chi connectivity index (χ0n) is 15.6. The second-order valence-corrected chi connectivity index (χ2v) is 8.42. The van der Waals surface area contributed by atoms with E-state index in [4.69, 9.17) is 0 Å². The Morgan fingerprint density at radius 3 is 2.50 bits per heavy atom. The molecule has 30 heavy (non-hydrogen) atoms. The quantitative estimate of drug-likeness (QED) is 0.469. The Morgan fingerprint density at radius 1 is 1.07 bits per heavy atom. The van der Waals surface area contributed by atoms with Gasteiger partial charge in [-0.3, -0.25) is 9.52 Å². The lowest BCUT2D eigenvalue weighted by Crippen LogP contribution is -2.14. The maximum Gasteiger partial charge on any atom is 0.229 e. The molecule has 0 saturated heterocycles. The fourth-order valence-corrected chi connectivity index (χ4v) is 3.71. The maximum atomic E-state index is 14.8. The van der Waals surface area contributed by atoms with Crippen molar-refractivity contribution in [3.05, 3.63) is 83.7 Å². The summed E-state index contributed by atoms with van der Waals surface area (Å²) in [5.41, 5.74) is 0.627. The smallest absolute Gasteiger partial charge is 0.229 e. The first-order chi connectivity index (χ1) is 14.2. The molecule has 2 aromatic heterocycles. The molecular weight excluding hydrogens is 412 g/mol. The molecular formula is C21H15F2N3O3S.